The summed E-state index contributed by atoms with van der Waals surface area (Å²) in [5, 5.41) is 4.23. The Kier molecular flexibility index (Phi) is 6.60. The number of carbonyl (C=O) groups excluding carboxylic acids is 1. The highest BCUT2D eigenvalue weighted by molar-refractivity contribution is 5.76. The van der Waals surface area contributed by atoms with Gasteiger partial charge in [-0.15, -0.1) is 0 Å². The van der Waals surface area contributed by atoms with Crippen molar-refractivity contribution in [1.82, 2.24) is 14.7 Å². The van der Waals surface area contributed by atoms with E-state index in [0.717, 1.165) is 24.2 Å². The summed E-state index contributed by atoms with van der Waals surface area (Å²) in [6.45, 7) is 6.18. The molecule has 4 nitrogen and oxygen atoms in total. The van der Waals surface area contributed by atoms with Crippen molar-refractivity contribution >= 4 is 12.0 Å². The first-order chi connectivity index (χ1) is 11.2. The monoisotopic (exact) mass is 311 g/mol. The highest BCUT2D eigenvalue weighted by Crippen LogP contribution is 2.05. The first-order valence-corrected chi connectivity index (χ1v) is 8.18. The molecule has 0 radical (unpaired) electrons. The van der Waals surface area contributed by atoms with Gasteiger partial charge in [0, 0.05) is 37.9 Å². The maximum atomic E-state index is 12.4. The van der Waals surface area contributed by atoms with E-state index in [-0.39, 0.29) is 5.91 Å². The molecule has 1 aromatic carbocycles. The van der Waals surface area contributed by atoms with E-state index in [0.29, 0.717) is 19.5 Å². The third-order valence-electron chi connectivity index (χ3n) is 3.75. The van der Waals surface area contributed by atoms with Crippen molar-refractivity contribution < 1.29 is 4.79 Å². The molecule has 4 heteroatoms. The van der Waals surface area contributed by atoms with Gasteiger partial charge in [-0.2, -0.15) is 5.10 Å². The molecule has 0 atom stereocenters. The molecule has 1 amide bonds. The highest BCUT2D eigenvalue weighted by atomic mass is 16.2. The highest BCUT2D eigenvalue weighted by Gasteiger charge is 2.11. The Morgan fingerprint density at radius 3 is 2.70 bits per heavy atom. The number of nitrogens with zero attached hydrogens (tertiary/aromatic N) is 3. The van der Waals surface area contributed by atoms with Gasteiger partial charge in [-0.1, -0.05) is 49.4 Å². The fraction of sp³-hybridized carbons (Fsp3) is 0.368. The summed E-state index contributed by atoms with van der Waals surface area (Å²) in [5.74, 6) is 0.180. The summed E-state index contributed by atoms with van der Waals surface area (Å²) in [5.41, 5.74) is 2.24. The van der Waals surface area contributed by atoms with Crippen molar-refractivity contribution in [3.8, 4) is 0 Å². The summed E-state index contributed by atoms with van der Waals surface area (Å²) >= 11 is 0. The molecule has 0 aliphatic rings. The zero-order valence-electron chi connectivity index (χ0n) is 14.0. The van der Waals surface area contributed by atoms with E-state index >= 15 is 0 Å². The van der Waals surface area contributed by atoms with Crippen LogP contribution in [-0.2, 0) is 11.3 Å². The van der Waals surface area contributed by atoms with Crippen molar-refractivity contribution in [1.29, 1.82) is 0 Å². The smallest absolute Gasteiger partial charge is 0.224 e. The summed E-state index contributed by atoms with van der Waals surface area (Å²) < 4.78 is 1.88. The topological polar surface area (TPSA) is 38.1 Å². The first-order valence-electron chi connectivity index (χ1n) is 8.18. The molecule has 0 bridgehead atoms. The lowest BCUT2D eigenvalue weighted by Gasteiger charge is -2.20. The molecule has 0 unspecified atom stereocenters. The predicted molar refractivity (Wildman–Crippen MR) is 93.9 cm³/mol. The van der Waals surface area contributed by atoms with Gasteiger partial charge >= 0.3 is 0 Å². The molecule has 1 heterocycles. The molecule has 122 valence electrons. The van der Waals surface area contributed by atoms with Crippen molar-refractivity contribution in [2.45, 2.75) is 33.2 Å². The van der Waals surface area contributed by atoms with E-state index in [4.69, 9.17) is 0 Å². The SMILES string of the molecule is CCCN(CC=Cc1ccccc1)C(=O)CCn1nccc1C. The summed E-state index contributed by atoms with van der Waals surface area (Å²) in [6, 6.07) is 12.1. The normalized spacial score (nSPS) is 11.0. The fourth-order valence-electron chi connectivity index (χ4n) is 2.46. The maximum Gasteiger partial charge on any atom is 0.224 e. The van der Waals surface area contributed by atoms with Gasteiger partial charge in [0.05, 0.1) is 0 Å². The van der Waals surface area contributed by atoms with Crippen molar-refractivity contribution in [3.05, 3.63) is 59.9 Å². The Balaban J connectivity index is 1.88. The molecule has 2 rings (SSSR count). The lowest BCUT2D eigenvalue weighted by molar-refractivity contribution is -0.131. The Labute approximate surface area is 138 Å². The molecule has 0 saturated carbocycles. The maximum absolute atomic E-state index is 12.4. The van der Waals surface area contributed by atoms with Crippen LogP contribution in [0, 0.1) is 6.92 Å². The van der Waals surface area contributed by atoms with Crippen LogP contribution in [0.1, 0.15) is 31.0 Å². The van der Waals surface area contributed by atoms with Crippen LogP contribution in [0.15, 0.2) is 48.7 Å². The molecule has 0 N–H and O–H groups in total. The minimum absolute atomic E-state index is 0.180. The third kappa shape index (κ3) is 5.40. The first kappa shape index (κ1) is 17.0. The van der Waals surface area contributed by atoms with Crippen molar-refractivity contribution in [2.24, 2.45) is 0 Å². The second-order valence-corrected chi connectivity index (χ2v) is 5.60. The number of benzene rings is 1. The number of aryl methyl sites for hydroxylation is 2. The number of carbonyl (C=O) groups is 1. The molecular formula is C19H25N3O. The Bertz CT molecular complexity index is 631. The molecule has 0 saturated heterocycles. The molecule has 0 aliphatic carbocycles. The van der Waals surface area contributed by atoms with E-state index in [9.17, 15) is 4.79 Å². The molecule has 0 spiro atoms. The van der Waals surface area contributed by atoms with Gasteiger partial charge in [0.1, 0.15) is 0 Å². The molecule has 0 fully saturated rings. The Morgan fingerprint density at radius 1 is 1.26 bits per heavy atom. The van der Waals surface area contributed by atoms with Crippen molar-refractivity contribution in [3.63, 3.8) is 0 Å². The van der Waals surface area contributed by atoms with Gasteiger partial charge in [0.2, 0.25) is 5.91 Å². The minimum atomic E-state index is 0.180. The zero-order chi connectivity index (χ0) is 16.5. The molecule has 23 heavy (non-hydrogen) atoms. The average molecular weight is 311 g/mol. The lowest BCUT2D eigenvalue weighted by atomic mass is 10.2. The second kappa shape index (κ2) is 8.93. The average Bonchev–Trinajstić information content (AvgIpc) is 2.98. The summed E-state index contributed by atoms with van der Waals surface area (Å²) in [4.78, 5) is 14.3. The quantitative estimate of drug-likeness (QED) is 0.748. The van der Waals surface area contributed by atoms with Crippen LogP contribution in [0.5, 0.6) is 0 Å². The molecular weight excluding hydrogens is 286 g/mol. The number of amides is 1. The van der Waals surface area contributed by atoms with E-state index in [1.54, 1.807) is 6.20 Å². The zero-order valence-corrected chi connectivity index (χ0v) is 14.0. The van der Waals surface area contributed by atoms with E-state index in [1.807, 2.05) is 40.8 Å². The van der Waals surface area contributed by atoms with Gasteiger partial charge in [-0.3, -0.25) is 9.48 Å². The van der Waals surface area contributed by atoms with Crippen LogP contribution in [0.4, 0.5) is 0 Å². The molecule has 0 aliphatic heterocycles. The van der Waals surface area contributed by atoms with Gasteiger partial charge < -0.3 is 4.90 Å². The summed E-state index contributed by atoms with van der Waals surface area (Å²) in [7, 11) is 0. The molecule has 2 aromatic rings. The van der Waals surface area contributed by atoms with E-state index in [2.05, 4.69) is 36.3 Å². The number of rotatable bonds is 8. The van der Waals surface area contributed by atoms with Gasteiger partial charge in [0.25, 0.3) is 0 Å². The predicted octanol–water partition coefficient (Wildman–Crippen LogP) is 3.53. The molecule has 1 aromatic heterocycles. The standard InChI is InChI=1S/C19H25N3O/c1-3-14-21(15-7-10-18-8-5-4-6-9-18)19(23)12-16-22-17(2)11-13-20-22/h4-11,13H,3,12,14-16H2,1-2H3. The van der Waals surface area contributed by atoms with E-state index < -0.39 is 0 Å². The van der Waals surface area contributed by atoms with Crippen LogP contribution < -0.4 is 0 Å². The fourth-order valence-corrected chi connectivity index (χ4v) is 2.46. The number of aromatic nitrogens is 2. The van der Waals surface area contributed by atoms with Crippen LogP contribution in [-0.4, -0.2) is 33.7 Å². The van der Waals surface area contributed by atoms with Crippen LogP contribution in [0.25, 0.3) is 6.08 Å². The van der Waals surface area contributed by atoms with Gasteiger partial charge in [0.15, 0.2) is 0 Å². The van der Waals surface area contributed by atoms with E-state index in [1.165, 1.54) is 0 Å². The Hall–Kier alpha value is -2.36. The largest absolute Gasteiger partial charge is 0.339 e. The van der Waals surface area contributed by atoms with Crippen molar-refractivity contribution in [2.75, 3.05) is 13.1 Å². The van der Waals surface area contributed by atoms with Crippen LogP contribution in [0.3, 0.4) is 0 Å². The van der Waals surface area contributed by atoms with Gasteiger partial charge in [-0.05, 0) is 25.0 Å². The Morgan fingerprint density at radius 2 is 2.04 bits per heavy atom. The lowest BCUT2D eigenvalue weighted by Crippen LogP contribution is -2.32. The third-order valence-corrected chi connectivity index (χ3v) is 3.75. The second-order valence-electron chi connectivity index (χ2n) is 5.60. The van der Waals surface area contributed by atoms with Gasteiger partial charge in [-0.25, -0.2) is 0 Å². The van der Waals surface area contributed by atoms with Crippen LogP contribution >= 0.6 is 0 Å². The van der Waals surface area contributed by atoms with Crippen LogP contribution in [0.2, 0.25) is 0 Å². The number of hydrogen-bond donors (Lipinski definition) is 0. The summed E-state index contributed by atoms with van der Waals surface area (Å²) in [6.07, 6.45) is 7.34. The minimum Gasteiger partial charge on any atom is -0.339 e. The number of hydrogen-bond acceptors (Lipinski definition) is 2.